The molecule has 0 radical (unpaired) electrons. The molecule has 0 unspecified atom stereocenters. The molecule has 146 valence electrons. The topological polar surface area (TPSA) is 58.3 Å². The SMILES string of the molecule is O=C(Sc1ccc[n+](CCN2C(=O)c3ccccc3C2=O)c1)c1ccccc1.[Br-]. The van der Waals surface area contributed by atoms with E-state index >= 15 is 0 Å². The summed E-state index contributed by atoms with van der Waals surface area (Å²) in [6.07, 6.45) is 3.71. The fourth-order valence-corrected chi connectivity index (χ4v) is 3.90. The Morgan fingerprint density at radius 1 is 0.862 bits per heavy atom. The quantitative estimate of drug-likeness (QED) is 0.305. The zero-order valence-electron chi connectivity index (χ0n) is 15.3. The van der Waals surface area contributed by atoms with Crippen molar-refractivity contribution in [3.05, 3.63) is 95.8 Å². The van der Waals surface area contributed by atoms with Crippen molar-refractivity contribution in [1.82, 2.24) is 4.90 Å². The first-order valence-electron chi connectivity index (χ1n) is 8.85. The van der Waals surface area contributed by atoms with Gasteiger partial charge in [-0.05, 0) is 30.0 Å². The van der Waals surface area contributed by atoms with E-state index in [-0.39, 0.29) is 40.5 Å². The van der Waals surface area contributed by atoms with Crippen LogP contribution in [0.15, 0.2) is 84.0 Å². The second kappa shape index (κ2) is 9.15. The number of pyridine rings is 1. The molecule has 3 aromatic rings. The Morgan fingerprint density at radius 3 is 2.14 bits per heavy atom. The highest BCUT2D eigenvalue weighted by Crippen LogP contribution is 2.23. The van der Waals surface area contributed by atoms with Crippen molar-refractivity contribution in [2.45, 2.75) is 11.4 Å². The number of amides is 2. The average molecular weight is 469 g/mol. The van der Waals surface area contributed by atoms with Crippen LogP contribution >= 0.6 is 11.8 Å². The van der Waals surface area contributed by atoms with Crippen LogP contribution in [0, 0.1) is 0 Å². The van der Waals surface area contributed by atoms with Crippen LogP contribution in [0.4, 0.5) is 0 Å². The molecule has 2 aromatic carbocycles. The summed E-state index contributed by atoms with van der Waals surface area (Å²) in [5.41, 5.74) is 1.56. The lowest BCUT2D eigenvalue weighted by molar-refractivity contribution is -0.697. The van der Waals surface area contributed by atoms with Crippen molar-refractivity contribution < 1.29 is 35.9 Å². The van der Waals surface area contributed by atoms with Gasteiger partial charge >= 0.3 is 0 Å². The predicted octanol–water partition coefficient (Wildman–Crippen LogP) is 0.207. The maximum Gasteiger partial charge on any atom is 0.261 e. The number of carbonyl (C=O) groups excluding carboxylic acids is 3. The van der Waals surface area contributed by atoms with E-state index in [1.54, 1.807) is 36.4 Å². The van der Waals surface area contributed by atoms with Gasteiger partial charge in [-0.2, -0.15) is 0 Å². The molecule has 1 aromatic heterocycles. The molecule has 0 N–H and O–H groups in total. The number of nitrogens with zero attached hydrogens (tertiary/aromatic N) is 2. The van der Waals surface area contributed by atoms with Gasteiger partial charge in [-0.1, -0.05) is 42.5 Å². The van der Waals surface area contributed by atoms with E-state index in [1.807, 2.05) is 47.3 Å². The number of halogens is 1. The number of fused-ring (bicyclic) bond motifs is 1. The van der Waals surface area contributed by atoms with Gasteiger partial charge in [0, 0.05) is 11.6 Å². The molecule has 0 bridgehead atoms. The van der Waals surface area contributed by atoms with Crippen LogP contribution in [0.3, 0.4) is 0 Å². The van der Waals surface area contributed by atoms with Crippen LogP contribution in [0.5, 0.6) is 0 Å². The van der Waals surface area contributed by atoms with Gasteiger partial charge in [-0.25, -0.2) is 4.57 Å². The molecule has 1 aliphatic rings. The maximum absolute atomic E-state index is 12.4. The molecule has 0 fully saturated rings. The first kappa shape index (κ1) is 21.0. The summed E-state index contributed by atoms with van der Waals surface area (Å²) >= 11 is 1.15. The molecule has 0 saturated carbocycles. The number of thioether (sulfide) groups is 1. The second-order valence-electron chi connectivity index (χ2n) is 6.34. The molecule has 7 heteroatoms. The Balaban J connectivity index is 0.00000240. The number of imide groups is 1. The largest absolute Gasteiger partial charge is 1.00 e. The van der Waals surface area contributed by atoms with Crippen LogP contribution in [-0.2, 0) is 6.54 Å². The van der Waals surface area contributed by atoms with E-state index in [0.717, 1.165) is 16.7 Å². The summed E-state index contributed by atoms with van der Waals surface area (Å²) in [6.45, 7) is 0.733. The molecule has 2 heterocycles. The van der Waals surface area contributed by atoms with Crippen LogP contribution in [0.25, 0.3) is 0 Å². The highest BCUT2D eigenvalue weighted by atomic mass is 79.9. The molecular weight excluding hydrogens is 452 g/mol. The third-order valence-electron chi connectivity index (χ3n) is 4.51. The van der Waals surface area contributed by atoms with Crippen molar-refractivity contribution in [3.63, 3.8) is 0 Å². The van der Waals surface area contributed by atoms with Crippen LogP contribution in [-0.4, -0.2) is 28.4 Å². The van der Waals surface area contributed by atoms with Crippen molar-refractivity contribution >= 4 is 28.7 Å². The van der Waals surface area contributed by atoms with E-state index < -0.39 is 0 Å². The lowest BCUT2D eigenvalue weighted by atomic mass is 10.1. The fraction of sp³-hybridized carbons (Fsp3) is 0.0909. The number of hydrogen-bond donors (Lipinski definition) is 0. The minimum Gasteiger partial charge on any atom is -1.00 e. The molecule has 29 heavy (non-hydrogen) atoms. The summed E-state index contributed by atoms with van der Waals surface area (Å²) in [5, 5.41) is -0.0290. The van der Waals surface area contributed by atoms with Crippen molar-refractivity contribution in [2.75, 3.05) is 6.54 Å². The summed E-state index contributed by atoms with van der Waals surface area (Å²) in [6, 6.07) is 19.7. The van der Waals surface area contributed by atoms with Gasteiger partial charge in [0.05, 0.1) is 22.6 Å². The van der Waals surface area contributed by atoms with Gasteiger partial charge in [0.25, 0.3) is 11.8 Å². The summed E-state index contributed by atoms with van der Waals surface area (Å²) in [7, 11) is 0. The van der Waals surface area contributed by atoms with Crippen LogP contribution in [0.1, 0.15) is 31.1 Å². The van der Waals surface area contributed by atoms with Gasteiger partial charge in [-0.15, -0.1) is 0 Å². The van der Waals surface area contributed by atoms with Crippen molar-refractivity contribution in [3.8, 4) is 0 Å². The van der Waals surface area contributed by atoms with Gasteiger partial charge in [0.2, 0.25) is 5.12 Å². The van der Waals surface area contributed by atoms with E-state index in [4.69, 9.17) is 0 Å². The van der Waals surface area contributed by atoms with Gasteiger partial charge in [-0.3, -0.25) is 19.3 Å². The Morgan fingerprint density at radius 2 is 1.48 bits per heavy atom. The lowest BCUT2D eigenvalue weighted by Gasteiger charge is -2.11. The van der Waals surface area contributed by atoms with Gasteiger partial charge in [0.15, 0.2) is 18.9 Å². The Hall–Kier alpha value is -2.77. The van der Waals surface area contributed by atoms with E-state index in [9.17, 15) is 14.4 Å². The summed E-state index contributed by atoms with van der Waals surface area (Å²) in [4.78, 5) is 39.3. The number of aromatic nitrogens is 1. The van der Waals surface area contributed by atoms with E-state index in [2.05, 4.69) is 0 Å². The molecule has 1 aliphatic heterocycles. The first-order valence-corrected chi connectivity index (χ1v) is 9.67. The third kappa shape index (κ3) is 4.46. The molecule has 2 amide bonds. The van der Waals surface area contributed by atoms with Crippen molar-refractivity contribution in [2.24, 2.45) is 0 Å². The minimum atomic E-state index is -0.258. The Kier molecular flexibility index (Phi) is 6.61. The number of hydrogen-bond acceptors (Lipinski definition) is 4. The minimum absolute atomic E-state index is 0. The van der Waals surface area contributed by atoms with E-state index in [0.29, 0.717) is 23.2 Å². The monoisotopic (exact) mass is 468 g/mol. The molecule has 5 nitrogen and oxygen atoms in total. The highest BCUT2D eigenvalue weighted by molar-refractivity contribution is 8.14. The molecule has 4 rings (SSSR count). The number of benzene rings is 2. The van der Waals surface area contributed by atoms with Gasteiger partial charge in [0.1, 0.15) is 0 Å². The predicted molar refractivity (Wildman–Crippen MR) is 105 cm³/mol. The third-order valence-corrected chi connectivity index (χ3v) is 5.41. The highest BCUT2D eigenvalue weighted by Gasteiger charge is 2.35. The van der Waals surface area contributed by atoms with Crippen molar-refractivity contribution in [1.29, 1.82) is 0 Å². The molecule has 0 aliphatic carbocycles. The fourth-order valence-electron chi connectivity index (χ4n) is 3.10. The number of rotatable bonds is 5. The van der Waals surface area contributed by atoms with Gasteiger partial charge < -0.3 is 17.0 Å². The molecule has 0 spiro atoms. The summed E-state index contributed by atoms with van der Waals surface area (Å²) in [5.74, 6) is -0.517. The maximum atomic E-state index is 12.4. The Labute approximate surface area is 183 Å². The first-order chi connectivity index (χ1) is 13.6. The van der Waals surface area contributed by atoms with E-state index in [1.165, 1.54) is 4.90 Å². The molecule has 0 saturated heterocycles. The molecule has 0 atom stereocenters. The standard InChI is InChI=1S/C22H17N2O3S.BrH/c25-20-18-10-4-5-11-19(18)21(26)24(20)14-13-23-12-6-9-17(15-23)28-22(27)16-7-2-1-3-8-16;/h1-12,15H,13-14H2;1H/q+1;/p-1. The number of carbonyl (C=O) groups is 3. The smallest absolute Gasteiger partial charge is 0.261 e. The normalized spacial score (nSPS) is 12.5. The van der Waals surface area contributed by atoms with Crippen LogP contribution < -0.4 is 21.5 Å². The Bertz CT molecular complexity index is 1040. The zero-order chi connectivity index (χ0) is 19.5. The second-order valence-corrected chi connectivity index (χ2v) is 7.39. The molecular formula is C22H17BrN2O3S. The van der Waals surface area contributed by atoms with Crippen LogP contribution in [0.2, 0.25) is 0 Å². The lowest BCUT2D eigenvalue weighted by Crippen LogP contribution is -3.00. The average Bonchev–Trinajstić information content (AvgIpc) is 2.98. The summed E-state index contributed by atoms with van der Waals surface area (Å²) < 4.78 is 1.88. The zero-order valence-corrected chi connectivity index (χ0v) is 17.7.